The lowest BCUT2D eigenvalue weighted by molar-refractivity contribution is -0.146. The maximum atomic E-state index is 14.8. The smallest absolute Gasteiger partial charge is 0.305 e. The van der Waals surface area contributed by atoms with Gasteiger partial charge in [-0.1, -0.05) is 235 Å². The van der Waals surface area contributed by atoms with Gasteiger partial charge in [-0.25, -0.2) is 0 Å². The number of rotatable bonds is 53. The molecule has 0 aliphatic rings. The maximum Gasteiger partial charge on any atom is 0.305 e. The average Bonchev–Trinajstić information content (AvgIpc) is 3.33. The van der Waals surface area contributed by atoms with Crippen LogP contribution in [0, 0.1) is 23.7 Å². The van der Waals surface area contributed by atoms with E-state index in [-0.39, 0.29) is 17.9 Å². The standard InChI is InChI=1S/C62H122N2O5/c1-10-16-22-34-43-56(42-20-14-5)53-68-60(65)49-38-30-26-24-28-36-44-57(62(67)64(52-40-51-63(8)9)59(47-21-15-6)48-33-19-13-4)45-37-29-25-27-31-39-50-61(66)69-54-58(46-35-23-17-11-2)55(7)41-32-18-12-3/h55-59H,10-54H2,1-9H3. The third-order valence-corrected chi connectivity index (χ3v) is 15.3. The largest absolute Gasteiger partial charge is 0.465 e. The number of hydrogen-bond acceptors (Lipinski definition) is 6. The number of carbonyl (C=O) groups excluding carboxylic acids is 3. The Labute approximate surface area is 431 Å². The Bertz CT molecular complexity index is 1130. The van der Waals surface area contributed by atoms with Crippen LogP contribution in [0.15, 0.2) is 0 Å². The van der Waals surface area contributed by atoms with E-state index in [2.05, 4.69) is 72.4 Å². The van der Waals surface area contributed by atoms with E-state index in [0.29, 0.717) is 55.8 Å². The molecular weight excluding hydrogens is 853 g/mol. The Hall–Kier alpha value is -1.63. The summed E-state index contributed by atoms with van der Waals surface area (Å²) < 4.78 is 11.7. The zero-order valence-electron chi connectivity index (χ0n) is 48.1. The number of hydrogen-bond donors (Lipinski definition) is 0. The molecule has 0 saturated heterocycles. The molecule has 69 heavy (non-hydrogen) atoms. The second-order valence-corrected chi connectivity index (χ2v) is 22.3. The second kappa shape index (κ2) is 49.9. The molecule has 7 nitrogen and oxygen atoms in total. The summed E-state index contributed by atoms with van der Waals surface area (Å²) in [6.45, 7) is 19.1. The van der Waals surface area contributed by atoms with Crippen molar-refractivity contribution in [3.63, 3.8) is 0 Å². The fourth-order valence-electron chi connectivity index (χ4n) is 10.5. The van der Waals surface area contributed by atoms with Crippen LogP contribution in [-0.2, 0) is 23.9 Å². The van der Waals surface area contributed by atoms with E-state index < -0.39 is 0 Å². The normalized spacial score (nSPS) is 13.9. The fourth-order valence-corrected chi connectivity index (χ4v) is 10.5. The molecule has 0 saturated carbocycles. The quantitative estimate of drug-likeness (QED) is 0.0446. The highest BCUT2D eigenvalue weighted by Gasteiger charge is 2.29. The number of ether oxygens (including phenoxy) is 2. The molecule has 1 amide bonds. The summed E-state index contributed by atoms with van der Waals surface area (Å²) in [5.41, 5.74) is 0. The zero-order valence-corrected chi connectivity index (χ0v) is 48.1. The van der Waals surface area contributed by atoms with Crippen molar-refractivity contribution in [3.05, 3.63) is 0 Å². The van der Waals surface area contributed by atoms with Crippen LogP contribution in [0.1, 0.15) is 312 Å². The van der Waals surface area contributed by atoms with Gasteiger partial charge in [0.2, 0.25) is 5.91 Å². The van der Waals surface area contributed by atoms with Crippen LogP contribution in [0.3, 0.4) is 0 Å². The lowest BCUT2D eigenvalue weighted by Crippen LogP contribution is -2.45. The average molecular weight is 976 g/mol. The van der Waals surface area contributed by atoms with Crippen LogP contribution >= 0.6 is 0 Å². The van der Waals surface area contributed by atoms with Crippen molar-refractivity contribution in [1.29, 1.82) is 0 Å². The minimum Gasteiger partial charge on any atom is -0.465 e. The van der Waals surface area contributed by atoms with Crippen LogP contribution in [0.2, 0.25) is 0 Å². The lowest BCUT2D eigenvalue weighted by Gasteiger charge is -2.35. The molecule has 5 unspecified atom stereocenters. The van der Waals surface area contributed by atoms with Gasteiger partial charge in [0.05, 0.1) is 13.2 Å². The third-order valence-electron chi connectivity index (χ3n) is 15.3. The first kappa shape index (κ1) is 67.4. The first-order valence-electron chi connectivity index (χ1n) is 30.8. The molecule has 0 aliphatic carbocycles. The fraction of sp³-hybridized carbons (Fsp3) is 0.952. The van der Waals surface area contributed by atoms with E-state index in [4.69, 9.17) is 9.47 Å². The Kier molecular flexibility index (Phi) is 48.7. The van der Waals surface area contributed by atoms with E-state index in [0.717, 1.165) is 109 Å². The Morgan fingerprint density at radius 2 is 0.783 bits per heavy atom. The summed E-state index contributed by atoms with van der Waals surface area (Å²) in [6.07, 6.45) is 46.7. The van der Waals surface area contributed by atoms with Crippen molar-refractivity contribution in [1.82, 2.24) is 9.80 Å². The van der Waals surface area contributed by atoms with E-state index >= 15 is 0 Å². The van der Waals surface area contributed by atoms with Crippen molar-refractivity contribution in [2.45, 2.75) is 318 Å². The second-order valence-electron chi connectivity index (χ2n) is 22.3. The molecule has 5 atom stereocenters. The molecule has 7 heteroatoms. The van der Waals surface area contributed by atoms with Gasteiger partial charge in [0, 0.05) is 31.3 Å². The van der Waals surface area contributed by atoms with E-state index in [1.165, 1.54) is 154 Å². The number of amides is 1. The lowest BCUT2D eigenvalue weighted by atomic mass is 9.86. The van der Waals surface area contributed by atoms with Gasteiger partial charge >= 0.3 is 11.9 Å². The van der Waals surface area contributed by atoms with Gasteiger partial charge in [0.15, 0.2) is 0 Å². The molecule has 0 rings (SSSR count). The molecule has 0 spiro atoms. The molecule has 0 heterocycles. The van der Waals surface area contributed by atoms with Gasteiger partial charge in [-0.2, -0.15) is 0 Å². The Morgan fingerprint density at radius 3 is 1.32 bits per heavy atom. The number of esters is 2. The van der Waals surface area contributed by atoms with Crippen LogP contribution in [0.5, 0.6) is 0 Å². The summed E-state index contributed by atoms with van der Waals surface area (Å²) in [5, 5.41) is 0. The minimum atomic E-state index is -0.0108. The van der Waals surface area contributed by atoms with Crippen LogP contribution in [-0.4, -0.2) is 74.1 Å². The zero-order chi connectivity index (χ0) is 51.0. The molecular formula is C62H122N2O5. The summed E-state index contributed by atoms with van der Waals surface area (Å²) in [6, 6.07) is 0.353. The van der Waals surface area contributed by atoms with E-state index in [1.54, 1.807) is 0 Å². The van der Waals surface area contributed by atoms with Crippen molar-refractivity contribution < 1.29 is 23.9 Å². The maximum absolute atomic E-state index is 14.8. The van der Waals surface area contributed by atoms with Gasteiger partial charge in [0.25, 0.3) is 0 Å². The third kappa shape index (κ3) is 40.5. The van der Waals surface area contributed by atoms with E-state index in [1.807, 2.05) is 0 Å². The Morgan fingerprint density at radius 1 is 0.391 bits per heavy atom. The van der Waals surface area contributed by atoms with E-state index in [9.17, 15) is 14.4 Å². The monoisotopic (exact) mass is 975 g/mol. The van der Waals surface area contributed by atoms with Crippen LogP contribution < -0.4 is 0 Å². The SMILES string of the molecule is CCCCCCC(CCCC)COC(=O)CCCCCCCCC(CCCCCCCCC(=O)OCC(CCCCCC)C(C)CCCCC)C(=O)N(CCCN(C)C)C(CCCC)CCCCC. The highest BCUT2D eigenvalue weighted by Crippen LogP contribution is 2.28. The highest BCUT2D eigenvalue weighted by molar-refractivity contribution is 5.79. The number of carbonyl (C=O) groups is 3. The predicted molar refractivity (Wildman–Crippen MR) is 299 cm³/mol. The van der Waals surface area contributed by atoms with Crippen LogP contribution in [0.4, 0.5) is 0 Å². The first-order valence-corrected chi connectivity index (χ1v) is 30.8. The Balaban J connectivity index is 5.25. The molecule has 0 aromatic rings. The summed E-state index contributed by atoms with van der Waals surface area (Å²) in [5.74, 6) is 2.13. The van der Waals surface area contributed by atoms with Crippen molar-refractivity contribution in [2.24, 2.45) is 23.7 Å². The molecule has 0 radical (unpaired) electrons. The molecule has 0 bridgehead atoms. The number of unbranched alkanes of at least 4 members (excludes halogenated alkanes) is 22. The minimum absolute atomic E-state index is 0.00712. The van der Waals surface area contributed by atoms with Gasteiger partial charge < -0.3 is 19.3 Å². The van der Waals surface area contributed by atoms with Crippen molar-refractivity contribution in [3.8, 4) is 0 Å². The predicted octanol–water partition coefficient (Wildman–Crippen LogP) is 18.4. The van der Waals surface area contributed by atoms with Crippen LogP contribution in [0.25, 0.3) is 0 Å². The molecule has 0 aromatic carbocycles. The van der Waals surface area contributed by atoms with Crippen molar-refractivity contribution >= 4 is 17.8 Å². The highest BCUT2D eigenvalue weighted by atomic mass is 16.5. The topological polar surface area (TPSA) is 76.2 Å². The van der Waals surface area contributed by atoms with Gasteiger partial charge in [-0.15, -0.1) is 0 Å². The van der Waals surface area contributed by atoms with Gasteiger partial charge in [-0.3, -0.25) is 14.4 Å². The van der Waals surface area contributed by atoms with Crippen molar-refractivity contribution in [2.75, 3.05) is 40.4 Å². The molecule has 0 fully saturated rings. The summed E-state index contributed by atoms with van der Waals surface area (Å²) in [4.78, 5) is 44.9. The van der Waals surface area contributed by atoms with Gasteiger partial charge in [-0.05, 0) is 103 Å². The molecule has 0 aromatic heterocycles. The first-order chi connectivity index (χ1) is 33.6. The van der Waals surface area contributed by atoms with Gasteiger partial charge in [0.1, 0.15) is 0 Å². The summed E-state index contributed by atoms with van der Waals surface area (Å²) >= 11 is 0. The molecule has 0 aliphatic heterocycles. The molecule has 410 valence electrons. The molecule has 0 N–H and O–H groups in total. The summed E-state index contributed by atoms with van der Waals surface area (Å²) in [7, 11) is 4.29. The number of nitrogens with zero attached hydrogens (tertiary/aromatic N) is 2.